The molecule has 0 heterocycles. The maximum absolute atomic E-state index is 12.2. The largest absolute Gasteiger partial charge is 0.491 e. The van der Waals surface area contributed by atoms with Gasteiger partial charge in [-0.1, -0.05) is 43.6 Å². The molecule has 0 bridgehead atoms. The second-order valence-electron chi connectivity index (χ2n) is 6.05. The Kier molecular flexibility index (Phi) is 7.66. The van der Waals surface area contributed by atoms with Gasteiger partial charge in [-0.05, 0) is 48.7 Å². The Labute approximate surface area is 159 Å². The molecule has 0 aliphatic rings. The molecule has 1 N–H and O–H groups in total. The molecule has 2 aromatic rings. The number of ether oxygens (including phenoxy) is 1. The third-order valence-corrected chi connectivity index (χ3v) is 5.06. The SMILES string of the molecule is CC(C)c1ccccc1OCCNC(=O)[C@@H](C)Sc1ccc(Cl)cc1. The van der Waals surface area contributed by atoms with Gasteiger partial charge >= 0.3 is 0 Å². The summed E-state index contributed by atoms with van der Waals surface area (Å²) in [5.74, 6) is 1.29. The summed E-state index contributed by atoms with van der Waals surface area (Å²) in [5.41, 5.74) is 1.18. The van der Waals surface area contributed by atoms with Crippen LogP contribution in [0.3, 0.4) is 0 Å². The zero-order chi connectivity index (χ0) is 18.2. The van der Waals surface area contributed by atoms with E-state index in [1.807, 2.05) is 49.4 Å². The fraction of sp³-hybridized carbons (Fsp3) is 0.350. The smallest absolute Gasteiger partial charge is 0.233 e. The van der Waals surface area contributed by atoms with Gasteiger partial charge in [-0.3, -0.25) is 4.79 Å². The van der Waals surface area contributed by atoms with Gasteiger partial charge in [0.25, 0.3) is 0 Å². The third kappa shape index (κ3) is 6.29. The van der Waals surface area contributed by atoms with Crippen molar-refractivity contribution in [1.29, 1.82) is 0 Å². The number of hydrogen-bond donors (Lipinski definition) is 1. The van der Waals surface area contributed by atoms with Crippen molar-refractivity contribution in [1.82, 2.24) is 5.32 Å². The van der Waals surface area contributed by atoms with Gasteiger partial charge in [0.15, 0.2) is 0 Å². The maximum atomic E-state index is 12.2. The molecule has 3 nitrogen and oxygen atoms in total. The fourth-order valence-corrected chi connectivity index (χ4v) is 3.36. The average Bonchev–Trinajstić information content (AvgIpc) is 2.60. The molecule has 1 amide bonds. The van der Waals surface area contributed by atoms with E-state index < -0.39 is 0 Å². The van der Waals surface area contributed by atoms with Crippen LogP contribution in [0.5, 0.6) is 5.75 Å². The Balaban J connectivity index is 1.76. The molecule has 0 aromatic heterocycles. The summed E-state index contributed by atoms with van der Waals surface area (Å²) in [6, 6.07) is 15.5. The molecule has 0 unspecified atom stereocenters. The predicted molar refractivity (Wildman–Crippen MR) is 106 cm³/mol. The number of carbonyl (C=O) groups is 1. The first-order valence-corrected chi connectivity index (χ1v) is 9.65. The van der Waals surface area contributed by atoms with Crippen molar-refractivity contribution in [2.75, 3.05) is 13.2 Å². The maximum Gasteiger partial charge on any atom is 0.233 e. The molecule has 1 atom stereocenters. The minimum atomic E-state index is -0.177. The highest BCUT2D eigenvalue weighted by Gasteiger charge is 2.14. The van der Waals surface area contributed by atoms with E-state index in [1.54, 1.807) is 0 Å². The van der Waals surface area contributed by atoms with Crippen molar-refractivity contribution in [3.63, 3.8) is 0 Å². The molecule has 0 fully saturated rings. The van der Waals surface area contributed by atoms with Crippen LogP contribution >= 0.6 is 23.4 Å². The molecule has 0 aliphatic carbocycles. The van der Waals surface area contributed by atoms with E-state index in [1.165, 1.54) is 17.3 Å². The molecule has 134 valence electrons. The fourth-order valence-electron chi connectivity index (χ4n) is 2.34. The van der Waals surface area contributed by atoms with Crippen molar-refractivity contribution in [2.45, 2.75) is 36.8 Å². The zero-order valence-electron chi connectivity index (χ0n) is 14.8. The standard InChI is InChI=1S/C20H24ClNO2S/c1-14(2)18-6-4-5-7-19(18)24-13-12-22-20(23)15(3)25-17-10-8-16(21)9-11-17/h4-11,14-15H,12-13H2,1-3H3,(H,22,23)/t15-/m1/s1. The van der Waals surface area contributed by atoms with Crippen molar-refractivity contribution in [3.8, 4) is 5.75 Å². The number of thioether (sulfide) groups is 1. The second-order valence-corrected chi connectivity index (χ2v) is 7.90. The summed E-state index contributed by atoms with van der Waals surface area (Å²) < 4.78 is 5.82. The van der Waals surface area contributed by atoms with Crippen LogP contribution in [0.25, 0.3) is 0 Å². The van der Waals surface area contributed by atoms with E-state index in [-0.39, 0.29) is 11.2 Å². The van der Waals surface area contributed by atoms with Gasteiger partial charge in [0.1, 0.15) is 12.4 Å². The first-order valence-electron chi connectivity index (χ1n) is 8.39. The van der Waals surface area contributed by atoms with E-state index >= 15 is 0 Å². The van der Waals surface area contributed by atoms with Crippen molar-refractivity contribution >= 4 is 29.3 Å². The predicted octanol–water partition coefficient (Wildman–Crippen LogP) is 5.14. The number of halogens is 1. The molecule has 0 saturated carbocycles. The van der Waals surface area contributed by atoms with Crippen molar-refractivity contribution in [2.24, 2.45) is 0 Å². The lowest BCUT2D eigenvalue weighted by Gasteiger charge is -2.15. The van der Waals surface area contributed by atoms with E-state index in [4.69, 9.17) is 16.3 Å². The van der Waals surface area contributed by atoms with Crippen LogP contribution in [-0.2, 0) is 4.79 Å². The van der Waals surface area contributed by atoms with Crippen LogP contribution in [0.2, 0.25) is 5.02 Å². The van der Waals surface area contributed by atoms with Gasteiger partial charge in [0.2, 0.25) is 5.91 Å². The van der Waals surface area contributed by atoms with Crippen LogP contribution in [0, 0.1) is 0 Å². The summed E-state index contributed by atoms with van der Waals surface area (Å²) in [4.78, 5) is 13.2. The number of benzene rings is 2. The van der Waals surface area contributed by atoms with E-state index in [0.717, 1.165) is 10.6 Å². The molecule has 0 aliphatic heterocycles. The topological polar surface area (TPSA) is 38.3 Å². The quantitative estimate of drug-likeness (QED) is 0.511. The van der Waals surface area contributed by atoms with Crippen LogP contribution in [0.4, 0.5) is 0 Å². The highest BCUT2D eigenvalue weighted by molar-refractivity contribution is 8.00. The Bertz CT molecular complexity index is 688. The Morgan fingerprint density at radius 3 is 2.48 bits per heavy atom. The molecule has 5 heteroatoms. The van der Waals surface area contributed by atoms with Crippen LogP contribution in [0.1, 0.15) is 32.3 Å². The lowest BCUT2D eigenvalue weighted by Crippen LogP contribution is -2.34. The summed E-state index contributed by atoms with van der Waals surface area (Å²) in [5, 5.41) is 3.44. The molecule has 2 aromatic carbocycles. The minimum absolute atomic E-state index is 0.000643. The highest BCUT2D eigenvalue weighted by Crippen LogP contribution is 2.26. The van der Waals surface area contributed by atoms with Gasteiger partial charge in [-0.15, -0.1) is 11.8 Å². The molecule has 0 radical (unpaired) electrons. The number of nitrogens with one attached hydrogen (secondary N) is 1. The first-order chi connectivity index (χ1) is 12.0. The molecule has 2 rings (SSSR count). The number of para-hydroxylation sites is 1. The first kappa shape index (κ1) is 19.7. The molecular weight excluding hydrogens is 354 g/mol. The van der Waals surface area contributed by atoms with E-state index in [9.17, 15) is 4.79 Å². The third-order valence-electron chi connectivity index (χ3n) is 3.70. The molecule has 25 heavy (non-hydrogen) atoms. The lowest BCUT2D eigenvalue weighted by molar-refractivity contribution is -0.120. The molecule has 0 saturated heterocycles. The van der Waals surface area contributed by atoms with E-state index in [2.05, 4.69) is 25.2 Å². The Morgan fingerprint density at radius 1 is 1.12 bits per heavy atom. The van der Waals surface area contributed by atoms with Gasteiger partial charge in [0.05, 0.1) is 11.8 Å². The minimum Gasteiger partial charge on any atom is -0.491 e. The Morgan fingerprint density at radius 2 is 1.80 bits per heavy atom. The average molecular weight is 378 g/mol. The monoisotopic (exact) mass is 377 g/mol. The lowest BCUT2D eigenvalue weighted by atomic mass is 10.0. The van der Waals surface area contributed by atoms with Crippen LogP contribution < -0.4 is 10.1 Å². The van der Waals surface area contributed by atoms with Crippen LogP contribution in [-0.4, -0.2) is 24.3 Å². The molecule has 0 spiro atoms. The number of amides is 1. The van der Waals surface area contributed by atoms with Gasteiger partial charge in [0, 0.05) is 9.92 Å². The normalized spacial score (nSPS) is 12.0. The number of rotatable bonds is 8. The van der Waals surface area contributed by atoms with Gasteiger partial charge in [-0.25, -0.2) is 0 Å². The summed E-state index contributed by atoms with van der Waals surface area (Å²) in [6.45, 7) is 7.10. The second kappa shape index (κ2) is 9.73. The number of carbonyl (C=O) groups excluding carboxylic acids is 1. The Hall–Kier alpha value is -1.65. The zero-order valence-corrected chi connectivity index (χ0v) is 16.4. The summed E-state index contributed by atoms with van der Waals surface area (Å²) >= 11 is 7.38. The van der Waals surface area contributed by atoms with Crippen molar-refractivity contribution in [3.05, 3.63) is 59.1 Å². The van der Waals surface area contributed by atoms with E-state index in [0.29, 0.717) is 24.1 Å². The highest BCUT2D eigenvalue weighted by atomic mass is 35.5. The number of hydrogen-bond acceptors (Lipinski definition) is 3. The molecular formula is C20H24ClNO2S. The summed E-state index contributed by atoms with van der Waals surface area (Å²) in [6.07, 6.45) is 0. The van der Waals surface area contributed by atoms with Crippen LogP contribution in [0.15, 0.2) is 53.4 Å². The summed E-state index contributed by atoms with van der Waals surface area (Å²) in [7, 11) is 0. The van der Waals surface area contributed by atoms with Crippen molar-refractivity contribution < 1.29 is 9.53 Å². The van der Waals surface area contributed by atoms with Gasteiger partial charge in [-0.2, -0.15) is 0 Å². The van der Waals surface area contributed by atoms with Gasteiger partial charge < -0.3 is 10.1 Å².